The first-order chi connectivity index (χ1) is 8.58. The van der Waals surface area contributed by atoms with Crippen LogP contribution in [0.25, 0.3) is 0 Å². The molecule has 7 heteroatoms. The highest BCUT2D eigenvalue weighted by Crippen LogP contribution is 2.23. The fourth-order valence-electron chi connectivity index (χ4n) is 2.01. The summed E-state index contributed by atoms with van der Waals surface area (Å²) in [6.07, 6.45) is 2.84. The van der Waals surface area contributed by atoms with Gasteiger partial charge in [-0.05, 0) is 12.7 Å². The van der Waals surface area contributed by atoms with Crippen molar-refractivity contribution in [3.8, 4) is 0 Å². The van der Waals surface area contributed by atoms with Crippen LogP contribution in [0.2, 0.25) is 5.15 Å². The Bertz CT molecular complexity index is 457. The van der Waals surface area contributed by atoms with Crippen LogP contribution in [-0.2, 0) is 4.79 Å². The molecule has 1 aromatic rings. The van der Waals surface area contributed by atoms with Crippen molar-refractivity contribution < 1.29 is 4.79 Å². The fraction of sp³-hybridized carbons (Fsp3) is 0.545. The van der Waals surface area contributed by atoms with Gasteiger partial charge in [0, 0.05) is 32.1 Å². The van der Waals surface area contributed by atoms with E-state index in [9.17, 15) is 4.79 Å². The number of anilines is 1. The molecule has 0 bridgehead atoms. The first kappa shape index (κ1) is 13.4. The number of halogens is 1. The molecule has 1 atom stereocenters. The molecule has 5 nitrogen and oxygen atoms in total. The quantitative estimate of drug-likeness (QED) is 0.519. The number of carbonyl (C=O) groups is 1. The molecule has 1 fully saturated rings. The molecule has 1 amide bonds. The van der Waals surface area contributed by atoms with Gasteiger partial charge >= 0.3 is 0 Å². The van der Waals surface area contributed by atoms with E-state index in [0.29, 0.717) is 10.3 Å². The fourth-order valence-corrected chi connectivity index (χ4v) is 2.61. The normalized spacial score (nSPS) is 19.1. The number of nitrogens with one attached hydrogen (secondary N) is 1. The monoisotopic (exact) mass is 286 g/mol. The Morgan fingerprint density at radius 1 is 1.61 bits per heavy atom. The predicted molar refractivity (Wildman–Crippen MR) is 73.3 cm³/mol. The maximum atomic E-state index is 11.0. The SMILES string of the molecule is CSc1nc(Cl)cc(N2CCC(NC(C)=O)C2)n1. The lowest BCUT2D eigenvalue weighted by molar-refractivity contribution is -0.119. The van der Waals surface area contributed by atoms with Gasteiger partial charge < -0.3 is 10.2 Å². The first-order valence-corrected chi connectivity index (χ1v) is 7.29. The number of hydrogen-bond acceptors (Lipinski definition) is 5. The molecule has 0 radical (unpaired) electrons. The third-order valence-corrected chi connectivity index (χ3v) is 3.50. The molecule has 1 saturated heterocycles. The molecule has 1 aliphatic rings. The van der Waals surface area contributed by atoms with Crippen LogP contribution in [0, 0.1) is 0 Å². The van der Waals surface area contributed by atoms with Gasteiger partial charge in [-0.2, -0.15) is 0 Å². The number of thioether (sulfide) groups is 1. The highest BCUT2D eigenvalue weighted by atomic mass is 35.5. The smallest absolute Gasteiger partial charge is 0.217 e. The largest absolute Gasteiger partial charge is 0.354 e. The van der Waals surface area contributed by atoms with Gasteiger partial charge in [0.1, 0.15) is 11.0 Å². The van der Waals surface area contributed by atoms with E-state index in [4.69, 9.17) is 11.6 Å². The lowest BCUT2D eigenvalue weighted by atomic mass is 10.3. The van der Waals surface area contributed by atoms with Gasteiger partial charge in [-0.15, -0.1) is 0 Å². The topological polar surface area (TPSA) is 58.1 Å². The lowest BCUT2D eigenvalue weighted by Gasteiger charge is -2.18. The molecule has 0 spiro atoms. The third kappa shape index (κ3) is 3.26. The zero-order valence-corrected chi connectivity index (χ0v) is 11.9. The first-order valence-electron chi connectivity index (χ1n) is 5.69. The molecule has 1 aromatic heterocycles. The molecule has 2 rings (SSSR count). The van der Waals surface area contributed by atoms with E-state index in [1.165, 1.54) is 18.7 Å². The number of nitrogens with zero attached hydrogens (tertiary/aromatic N) is 3. The Balaban J connectivity index is 2.09. The van der Waals surface area contributed by atoms with Crippen LogP contribution in [-0.4, -0.2) is 41.3 Å². The van der Waals surface area contributed by atoms with Crippen molar-refractivity contribution in [2.75, 3.05) is 24.2 Å². The van der Waals surface area contributed by atoms with Gasteiger partial charge in [0.05, 0.1) is 0 Å². The second-order valence-electron chi connectivity index (χ2n) is 4.17. The molecule has 2 heterocycles. The van der Waals surface area contributed by atoms with Crippen molar-refractivity contribution in [1.82, 2.24) is 15.3 Å². The molecular weight excluding hydrogens is 272 g/mol. The van der Waals surface area contributed by atoms with E-state index >= 15 is 0 Å². The number of carbonyl (C=O) groups excluding carboxylic acids is 1. The Kier molecular flexibility index (Phi) is 4.29. The van der Waals surface area contributed by atoms with Crippen LogP contribution < -0.4 is 10.2 Å². The van der Waals surface area contributed by atoms with Crippen molar-refractivity contribution in [2.24, 2.45) is 0 Å². The molecule has 1 unspecified atom stereocenters. The second kappa shape index (κ2) is 5.75. The van der Waals surface area contributed by atoms with Gasteiger partial charge in [0.25, 0.3) is 0 Å². The minimum absolute atomic E-state index is 0.00683. The summed E-state index contributed by atoms with van der Waals surface area (Å²) in [5.41, 5.74) is 0. The summed E-state index contributed by atoms with van der Waals surface area (Å²) in [5.74, 6) is 0.833. The highest BCUT2D eigenvalue weighted by molar-refractivity contribution is 7.98. The zero-order chi connectivity index (χ0) is 13.1. The maximum absolute atomic E-state index is 11.0. The summed E-state index contributed by atoms with van der Waals surface area (Å²) in [4.78, 5) is 21.7. The van der Waals surface area contributed by atoms with E-state index in [0.717, 1.165) is 25.3 Å². The number of hydrogen-bond donors (Lipinski definition) is 1. The average molecular weight is 287 g/mol. The summed E-state index contributed by atoms with van der Waals surface area (Å²) in [6, 6.07) is 1.95. The lowest BCUT2D eigenvalue weighted by Crippen LogP contribution is -2.35. The van der Waals surface area contributed by atoms with E-state index in [1.54, 1.807) is 6.07 Å². The molecule has 1 N–H and O–H groups in total. The standard InChI is InChI=1S/C11H15ClN4OS/c1-7(17)13-8-3-4-16(6-8)10-5-9(12)14-11(15-10)18-2/h5,8H,3-4,6H2,1-2H3,(H,13,17). The van der Waals surface area contributed by atoms with Crippen LogP contribution in [0.3, 0.4) is 0 Å². The minimum Gasteiger partial charge on any atom is -0.354 e. The molecule has 0 aliphatic carbocycles. The van der Waals surface area contributed by atoms with Crippen molar-refractivity contribution in [1.29, 1.82) is 0 Å². The second-order valence-corrected chi connectivity index (χ2v) is 5.33. The van der Waals surface area contributed by atoms with Gasteiger partial charge in [0.15, 0.2) is 5.16 Å². The Hall–Kier alpha value is -1.01. The minimum atomic E-state index is 0.00683. The summed E-state index contributed by atoms with van der Waals surface area (Å²) in [6.45, 7) is 3.17. The predicted octanol–water partition coefficient (Wildman–Crippen LogP) is 1.57. The van der Waals surface area contributed by atoms with Crippen molar-refractivity contribution >= 4 is 35.1 Å². The third-order valence-electron chi connectivity index (χ3n) is 2.76. The van der Waals surface area contributed by atoms with Crippen LogP contribution >= 0.6 is 23.4 Å². The van der Waals surface area contributed by atoms with Crippen molar-refractivity contribution in [2.45, 2.75) is 24.5 Å². The zero-order valence-electron chi connectivity index (χ0n) is 10.3. The van der Waals surface area contributed by atoms with Gasteiger partial charge in [0.2, 0.25) is 5.91 Å². The number of amides is 1. The van der Waals surface area contributed by atoms with Gasteiger partial charge in [-0.25, -0.2) is 9.97 Å². The van der Waals surface area contributed by atoms with E-state index in [2.05, 4.69) is 20.2 Å². The molecule has 0 saturated carbocycles. The summed E-state index contributed by atoms with van der Waals surface area (Å²) < 4.78 is 0. The Morgan fingerprint density at radius 3 is 3.06 bits per heavy atom. The van der Waals surface area contributed by atoms with E-state index in [1.807, 2.05) is 6.26 Å². The van der Waals surface area contributed by atoms with Crippen LogP contribution in [0.1, 0.15) is 13.3 Å². The summed E-state index contributed by atoms with van der Waals surface area (Å²) >= 11 is 7.43. The molecule has 1 aliphatic heterocycles. The van der Waals surface area contributed by atoms with Crippen LogP contribution in [0.4, 0.5) is 5.82 Å². The maximum Gasteiger partial charge on any atom is 0.217 e. The van der Waals surface area contributed by atoms with Gasteiger partial charge in [-0.1, -0.05) is 23.4 Å². The van der Waals surface area contributed by atoms with Crippen LogP contribution in [0.5, 0.6) is 0 Å². The van der Waals surface area contributed by atoms with Crippen LogP contribution in [0.15, 0.2) is 11.2 Å². The molecular formula is C11H15ClN4OS. The molecule has 98 valence electrons. The number of aromatic nitrogens is 2. The van der Waals surface area contributed by atoms with Gasteiger partial charge in [-0.3, -0.25) is 4.79 Å². The van der Waals surface area contributed by atoms with Crippen molar-refractivity contribution in [3.05, 3.63) is 11.2 Å². The Labute approximate surface area is 115 Å². The number of rotatable bonds is 3. The highest BCUT2D eigenvalue weighted by Gasteiger charge is 2.24. The van der Waals surface area contributed by atoms with E-state index < -0.39 is 0 Å². The summed E-state index contributed by atoms with van der Waals surface area (Å²) in [5, 5.41) is 4.04. The molecule has 0 aromatic carbocycles. The molecule has 18 heavy (non-hydrogen) atoms. The van der Waals surface area contributed by atoms with Crippen molar-refractivity contribution in [3.63, 3.8) is 0 Å². The average Bonchev–Trinajstić information content (AvgIpc) is 2.75. The summed E-state index contributed by atoms with van der Waals surface area (Å²) in [7, 11) is 0. The Morgan fingerprint density at radius 2 is 2.39 bits per heavy atom. The van der Waals surface area contributed by atoms with E-state index in [-0.39, 0.29) is 11.9 Å².